The second kappa shape index (κ2) is 4.59. The summed E-state index contributed by atoms with van der Waals surface area (Å²) in [5.74, 6) is -2.76. The lowest BCUT2D eigenvalue weighted by Gasteiger charge is -2.17. The Morgan fingerprint density at radius 2 is 2.20 bits per heavy atom. The van der Waals surface area contributed by atoms with Crippen LogP contribution in [0.25, 0.3) is 0 Å². The number of nitrogens with zero attached hydrogens (tertiary/aromatic N) is 1. The van der Waals surface area contributed by atoms with Gasteiger partial charge in [0.25, 0.3) is 0 Å². The lowest BCUT2D eigenvalue weighted by atomic mass is 10.3. The van der Waals surface area contributed by atoms with Crippen LogP contribution in [0.5, 0.6) is 5.75 Å². The van der Waals surface area contributed by atoms with Gasteiger partial charge < -0.3 is 9.94 Å². The van der Waals surface area contributed by atoms with Gasteiger partial charge in [-0.1, -0.05) is 6.07 Å². The van der Waals surface area contributed by atoms with Gasteiger partial charge in [0.2, 0.25) is 5.82 Å². The van der Waals surface area contributed by atoms with Crippen LogP contribution in [0, 0.1) is 11.6 Å². The van der Waals surface area contributed by atoms with Crippen molar-refractivity contribution in [3.05, 3.63) is 29.8 Å². The zero-order chi connectivity index (χ0) is 11.4. The van der Waals surface area contributed by atoms with Gasteiger partial charge >= 0.3 is 6.09 Å². The second-order valence-corrected chi connectivity index (χ2v) is 2.62. The molecule has 0 bridgehead atoms. The van der Waals surface area contributed by atoms with Gasteiger partial charge in [-0.25, -0.2) is 9.18 Å². The molecule has 1 rings (SSSR count). The molecule has 0 aliphatic heterocycles. The molecule has 6 heteroatoms. The van der Waals surface area contributed by atoms with E-state index in [-0.39, 0.29) is 6.54 Å². The maximum absolute atomic E-state index is 13.0. The van der Waals surface area contributed by atoms with E-state index in [1.54, 1.807) is 0 Å². The minimum absolute atomic E-state index is 0.00524. The Bertz CT molecular complexity index is 370. The molecular formula is C9H9F2NO3. The Labute approximate surface area is 84.6 Å². The molecule has 0 aliphatic carbocycles. The fraction of sp³-hybridized carbons (Fsp3) is 0.222. The number of carboxylic acid groups (broad SMARTS) is 1. The van der Waals surface area contributed by atoms with E-state index in [4.69, 9.17) is 5.11 Å². The molecule has 0 atom stereocenters. The van der Waals surface area contributed by atoms with Gasteiger partial charge in [0.1, 0.15) is 0 Å². The van der Waals surface area contributed by atoms with Crippen LogP contribution in [0.2, 0.25) is 0 Å². The molecule has 82 valence electrons. The number of hydrogen-bond acceptors (Lipinski definition) is 2. The molecule has 15 heavy (non-hydrogen) atoms. The monoisotopic (exact) mass is 217 g/mol. The highest BCUT2D eigenvalue weighted by Crippen LogP contribution is 2.19. The summed E-state index contributed by atoms with van der Waals surface area (Å²) in [5.41, 5.74) is 0. The molecule has 1 aromatic carbocycles. The number of halogens is 2. The number of hydrogen-bond donors (Lipinski definition) is 1. The number of benzene rings is 1. The van der Waals surface area contributed by atoms with Crippen LogP contribution in [0.1, 0.15) is 6.92 Å². The van der Waals surface area contributed by atoms with E-state index in [9.17, 15) is 13.6 Å². The molecule has 0 radical (unpaired) electrons. The summed E-state index contributed by atoms with van der Waals surface area (Å²) in [4.78, 5) is 15.2. The average molecular weight is 217 g/mol. The molecule has 0 saturated heterocycles. The van der Waals surface area contributed by atoms with Crippen LogP contribution in [0.4, 0.5) is 13.6 Å². The van der Waals surface area contributed by atoms with Gasteiger partial charge in [0.05, 0.1) is 6.54 Å². The van der Waals surface area contributed by atoms with Gasteiger partial charge in [-0.05, 0) is 19.1 Å². The minimum atomic E-state index is -1.37. The number of hydroxylamine groups is 2. The second-order valence-electron chi connectivity index (χ2n) is 2.62. The van der Waals surface area contributed by atoms with Crippen molar-refractivity contribution in [3.63, 3.8) is 0 Å². The van der Waals surface area contributed by atoms with Crippen LogP contribution >= 0.6 is 0 Å². The lowest BCUT2D eigenvalue weighted by molar-refractivity contribution is -0.0348. The van der Waals surface area contributed by atoms with E-state index in [1.807, 2.05) is 0 Å². The van der Waals surface area contributed by atoms with E-state index in [0.717, 1.165) is 12.1 Å². The molecule has 0 aromatic heterocycles. The third-order valence-electron chi connectivity index (χ3n) is 1.63. The molecule has 0 saturated carbocycles. The zero-order valence-electron chi connectivity index (χ0n) is 7.91. The van der Waals surface area contributed by atoms with Crippen LogP contribution < -0.4 is 4.84 Å². The summed E-state index contributed by atoms with van der Waals surface area (Å²) in [6.45, 7) is 1.51. The Morgan fingerprint density at radius 3 is 2.73 bits per heavy atom. The first-order valence-electron chi connectivity index (χ1n) is 4.18. The largest absolute Gasteiger partial charge is 0.463 e. The van der Waals surface area contributed by atoms with E-state index in [2.05, 4.69) is 4.84 Å². The molecule has 0 fully saturated rings. The first-order valence-corrected chi connectivity index (χ1v) is 4.18. The zero-order valence-corrected chi connectivity index (χ0v) is 7.91. The summed E-state index contributed by atoms with van der Waals surface area (Å²) >= 11 is 0. The number of rotatable bonds is 3. The van der Waals surface area contributed by atoms with Crippen molar-refractivity contribution in [2.45, 2.75) is 6.92 Å². The van der Waals surface area contributed by atoms with Crippen LogP contribution in [-0.2, 0) is 0 Å². The van der Waals surface area contributed by atoms with Gasteiger partial charge in [-0.2, -0.15) is 4.39 Å². The van der Waals surface area contributed by atoms with E-state index in [0.29, 0.717) is 5.06 Å². The van der Waals surface area contributed by atoms with E-state index in [1.165, 1.54) is 13.0 Å². The molecule has 1 aromatic rings. The van der Waals surface area contributed by atoms with Gasteiger partial charge in [0.15, 0.2) is 11.6 Å². The highest BCUT2D eigenvalue weighted by Gasteiger charge is 2.16. The van der Waals surface area contributed by atoms with Crippen LogP contribution in [-0.4, -0.2) is 22.8 Å². The first kappa shape index (κ1) is 11.2. The van der Waals surface area contributed by atoms with Crippen molar-refractivity contribution in [2.24, 2.45) is 0 Å². The SMILES string of the molecule is CCN(Oc1cccc(F)c1F)C(=O)O. The summed E-state index contributed by atoms with van der Waals surface area (Å²) in [7, 11) is 0. The van der Waals surface area contributed by atoms with Crippen LogP contribution in [0.15, 0.2) is 18.2 Å². The third-order valence-corrected chi connectivity index (χ3v) is 1.63. The van der Waals surface area contributed by atoms with E-state index < -0.39 is 23.5 Å². The van der Waals surface area contributed by atoms with Crippen LogP contribution in [0.3, 0.4) is 0 Å². The number of carbonyl (C=O) groups is 1. The van der Waals surface area contributed by atoms with Crippen molar-refractivity contribution >= 4 is 6.09 Å². The van der Waals surface area contributed by atoms with Gasteiger partial charge in [-0.15, -0.1) is 5.06 Å². The quantitative estimate of drug-likeness (QED) is 0.790. The minimum Gasteiger partial charge on any atom is -0.463 e. The topological polar surface area (TPSA) is 49.8 Å². The standard InChI is InChI=1S/C9H9F2NO3/c1-2-12(9(13)14)15-7-5-3-4-6(10)8(7)11/h3-5H,2H2,1H3,(H,13,14). The maximum atomic E-state index is 13.0. The predicted molar refractivity (Wildman–Crippen MR) is 47.4 cm³/mol. The Kier molecular flexibility index (Phi) is 3.43. The summed E-state index contributed by atoms with van der Waals surface area (Å²) in [5, 5.41) is 9.08. The van der Waals surface area contributed by atoms with Crippen molar-refractivity contribution < 1.29 is 23.5 Å². The maximum Gasteiger partial charge on any atom is 0.440 e. The van der Waals surface area contributed by atoms with E-state index >= 15 is 0 Å². The fourth-order valence-electron chi connectivity index (χ4n) is 0.912. The predicted octanol–water partition coefficient (Wildman–Crippen LogP) is 2.26. The summed E-state index contributed by atoms with van der Waals surface area (Å²) in [6.07, 6.45) is -1.37. The van der Waals surface area contributed by atoms with Gasteiger partial charge in [-0.3, -0.25) is 0 Å². The molecule has 0 heterocycles. The Balaban J connectivity index is 2.88. The Hall–Kier alpha value is -1.85. The number of amides is 1. The molecule has 0 unspecified atom stereocenters. The molecule has 1 N–H and O–H groups in total. The normalized spacial score (nSPS) is 9.80. The van der Waals surface area contributed by atoms with Gasteiger partial charge in [0, 0.05) is 0 Å². The fourth-order valence-corrected chi connectivity index (χ4v) is 0.912. The van der Waals surface area contributed by atoms with Crippen molar-refractivity contribution in [1.29, 1.82) is 0 Å². The Morgan fingerprint density at radius 1 is 1.53 bits per heavy atom. The molecule has 1 amide bonds. The highest BCUT2D eigenvalue weighted by atomic mass is 19.2. The molecule has 0 spiro atoms. The average Bonchev–Trinajstić information content (AvgIpc) is 2.19. The molecule has 4 nitrogen and oxygen atoms in total. The molecule has 0 aliphatic rings. The highest BCUT2D eigenvalue weighted by molar-refractivity contribution is 5.63. The summed E-state index contributed by atoms with van der Waals surface area (Å²) < 4.78 is 25.8. The summed E-state index contributed by atoms with van der Waals surface area (Å²) in [6, 6.07) is 3.28. The van der Waals surface area contributed by atoms with Crippen molar-refractivity contribution in [3.8, 4) is 5.75 Å². The lowest BCUT2D eigenvalue weighted by Crippen LogP contribution is -2.32. The third kappa shape index (κ3) is 2.55. The smallest absolute Gasteiger partial charge is 0.440 e. The van der Waals surface area contributed by atoms with Crippen molar-refractivity contribution in [2.75, 3.05) is 6.54 Å². The molecular weight excluding hydrogens is 208 g/mol. The van der Waals surface area contributed by atoms with Crippen molar-refractivity contribution in [1.82, 2.24) is 5.06 Å². The first-order chi connectivity index (χ1) is 7.06.